The maximum absolute atomic E-state index is 9.20. The second kappa shape index (κ2) is 6.21. The highest BCUT2D eigenvalue weighted by atomic mass is 35.5. The zero-order chi connectivity index (χ0) is 12.8. The number of nitrogens with one attached hydrogen (secondary N) is 1. The van der Waals surface area contributed by atoms with Crippen LogP contribution < -0.4 is 5.32 Å². The van der Waals surface area contributed by atoms with Crippen LogP contribution in [-0.4, -0.2) is 16.7 Å². The van der Waals surface area contributed by atoms with Crippen molar-refractivity contribution < 1.29 is 0 Å². The van der Waals surface area contributed by atoms with Gasteiger partial charge < -0.3 is 5.32 Å². The van der Waals surface area contributed by atoms with Gasteiger partial charge in [0, 0.05) is 5.03 Å². The molecule has 0 unspecified atom stereocenters. The molecule has 17 heavy (non-hydrogen) atoms. The topological polar surface area (TPSA) is 61.6 Å². The van der Waals surface area contributed by atoms with Gasteiger partial charge in [0.15, 0.2) is 5.82 Å². The average Bonchev–Trinajstić information content (AvgIpc) is 2.34. The second-order valence-electron chi connectivity index (χ2n) is 3.54. The van der Waals surface area contributed by atoms with Crippen LogP contribution in [0.4, 0.5) is 5.82 Å². The molecule has 1 rings (SSSR count). The summed E-state index contributed by atoms with van der Waals surface area (Å²) >= 11 is 5.67. The maximum atomic E-state index is 9.20. The molecule has 5 heteroatoms. The molecule has 1 heterocycles. The fraction of sp³-hybridized carbons (Fsp3) is 0.417. The zero-order valence-electron chi connectivity index (χ0n) is 10.0. The van der Waals surface area contributed by atoms with Crippen LogP contribution in [0.25, 0.3) is 0 Å². The van der Waals surface area contributed by atoms with Gasteiger partial charge in [-0.05, 0) is 18.4 Å². The van der Waals surface area contributed by atoms with Crippen molar-refractivity contribution in [2.75, 3.05) is 11.9 Å². The molecular formula is C12H15ClN4. The number of anilines is 1. The number of nitriles is 1. The van der Waals surface area contributed by atoms with Crippen LogP contribution in [0.15, 0.2) is 11.6 Å². The lowest BCUT2D eigenvalue weighted by molar-refractivity contribution is 0.873. The van der Waals surface area contributed by atoms with Crippen LogP contribution in [0, 0.1) is 11.3 Å². The van der Waals surface area contributed by atoms with E-state index in [2.05, 4.69) is 28.2 Å². The Labute approximate surface area is 106 Å². The van der Waals surface area contributed by atoms with E-state index in [-0.39, 0.29) is 0 Å². The van der Waals surface area contributed by atoms with Crippen molar-refractivity contribution >= 4 is 17.4 Å². The molecule has 0 aliphatic rings. The summed E-state index contributed by atoms with van der Waals surface area (Å²) in [6, 6.07) is 2.18. The second-order valence-corrected chi connectivity index (χ2v) is 4.07. The molecule has 0 radical (unpaired) electrons. The van der Waals surface area contributed by atoms with E-state index in [1.165, 1.54) is 0 Å². The first-order chi connectivity index (χ1) is 8.13. The molecule has 0 bridgehead atoms. The summed E-state index contributed by atoms with van der Waals surface area (Å²) in [6.45, 7) is 7.95. The Balaban J connectivity index is 3.15. The van der Waals surface area contributed by atoms with Gasteiger partial charge in [0.1, 0.15) is 11.6 Å². The van der Waals surface area contributed by atoms with Crippen LogP contribution in [0.5, 0.6) is 0 Å². The number of hydrogen-bond acceptors (Lipinski definition) is 4. The Morgan fingerprint density at radius 2 is 2.12 bits per heavy atom. The summed E-state index contributed by atoms with van der Waals surface area (Å²) in [5, 5.41) is 20.8. The maximum Gasteiger partial charge on any atom is 0.167 e. The van der Waals surface area contributed by atoms with Crippen LogP contribution >= 0.6 is 11.6 Å². The van der Waals surface area contributed by atoms with E-state index in [9.17, 15) is 5.26 Å². The molecule has 0 amide bonds. The molecule has 0 spiro atoms. The Hall–Kier alpha value is -1.60. The number of aryl methyl sites for hydroxylation is 1. The van der Waals surface area contributed by atoms with Gasteiger partial charge in [-0.15, -0.1) is 5.10 Å². The summed E-state index contributed by atoms with van der Waals surface area (Å²) in [6.07, 6.45) is 1.53. The van der Waals surface area contributed by atoms with E-state index in [0.29, 0.717) is 23.0 Å². The summed E-state index contributed by atoms with van der Waals surface area (Å²) in [5.41, 5.74) is 2.38. The fourth-order valence-corrected chi connectivity index (χ4v) is 1.66. The van der Waals surface area contributed by atoms with Crippen molar-refractivity contribution in [2.24, 2.45) is 0 Å². The molecular weight excluding hydrogens is 236 g/mol. The molecule has 0 fully saturated rings. The van der Waals surface area contributed by atoms with Crippen molar-refractivity contribution in [3.8, 4) is 6.07 Å². The molecule has 4 nitrogen and oxygen atoms in total. The number of aromatic nitrogens is 2. The standard InChI is InChI=1S/C12H15ClN4/c1-4-9-10(6-14)12(15-7-8(3)13)17-16-11(9)5-2/h3-5,7H2,1-2H3,(H,15,17). The van der Waals surface area contributed by atoms with Crippen molar-refractivity contribution in [1.29, 1.82) is 5.26 Å². The van der Waals surface area contributed by atoms with Gasteiger partial charge in [0.05, 0.1) is 12.2 Å². The normalized spacial score (nSPS) is 9.76. The first kappa shape index (κ1) is 13.5. The number of rotatable bonds is 5. The van der Waals surface area contributed by atoms with Gasteiger partial charge in [-0.2, -0.15) is 10.4 Å². The van der Waals surface area contributed by atoms with E-state index in [0.717, 1.165) is 24.1 Å². The third-order valence-electron chi connectivity index (χ3n) is 2.41. The molecule has 1 N–H and O–H groups in total. The molecule has 0 atom stereocenters. The summed E-state index contributed by atoms with van der Waals surface area (Å²) in [5.74, 6) is 0.475. The highest BCUT2D eigenvalue weighted by molar-refractivity contribution is 6.29. The Morgan fingerprint density at radius 1 is 1.41 bits per heavy atom. The number of nitrogens with zero attached hydrogens (tertiary/aromatic N) is 3. The van der Waals surface area contributed by atoms with Gasteiger partial charge in [0.25, 0.3) is 0 Å². The SMILES string of the molecule is C=C(Cl)CNc1nnc(CC)c(CC)c1C#N. The lowest BCUT2D eigenvalue weighted by Crippen LogP contribution is -2.10. The van der Waals surface area contributed by atoms with Gasteiger partial charge in [-0.25, -0.2) is 0 Å². The molecule has 0 saturated carbocycles. The van der Waals surface area contributed by atoms with Crippen LogP contribution in [-0.2, 0) is 12.8 Å². The molecule has 0 aliphatic heterocycles. The third kappa shape index (κ3) is 3.18. The molecule has 1 aromatic heterocycles. The van der Waals surface area contributed by atoms with E-state index < -0.39 is 0 Å². The molecule has 0 saturated heterocycles. The minimum atomic E-state index is 0.375. The van der Waals surface area contributed by atoms with Crippen molar-refractivity contribution in [2.45, 2.75) is 26.7 Å². The van der Waals surface area contributed by atoms with E-state index in [1.54, 1.807) is 0 Å². The van der Waals surface area contributed by atoms with Crippen molar-refractivity contribution in [3.05, 3.63) is 28.4 Å². The van der Waals surface area contributed by atoms with E-state index in [1.807, 2.05) is 13.8 Å². The minimum absolute atomic E-state index is 0.375. The van der Waals surface area contributed by atoms with Gasteiger partial charge in [-0.1, -0.05) is 32.0 Å². The largest absolute Gasteiger partial charge is 0.363 e. The van der Waals surface area contributed by atoms with E-state index >= 15 is 0 Å². The average molecular weight is 251 g/mol. The highest BCUT2D eigenvalue weighted by Crippen LogP contribution is 2.20. The number of hydrogen-bond donors (Lipinski definition) is 1. The van der Waals surface area contributed by atoms with Crippen molar-refractivity contribution in [1.82, 2.24) is 10.2 Å². The minimum Gasteiger partial charge on any atom is -0.363 e. The van der Waals surface area contributed by atoms with Crippen LogP contribution in [0.2, 0.25) is 0 Å². The molecule has 0 aliphatic carbocycles. The smallest absolute Gasteiger partial charge is 0.167 e. The number of halogens is 1. The summed E-state index contributed by atoms with van der Waals surface area (Å²) in [7, 11) is 0. The van der Waals surface area contributed by atoms with Crippen LogP contribution in [0.1, 0.15) is 30.7 Å². The summed E-state index contributed by atoms with van der Waals surface area (Å²) < 4.78 is 0. The predicted octanol–water partition coefficient (Wildman–Crippen LogP) is 2.64. The molecule has 90 valence electrons. The zero-order valence-corrected chi connectivity index (χ0v) is 10.8. The van der Waals surface area contributed by atoms with Gasteiger partial charge in [-0.3, -0.25) is 0 Å². The van der Waals surface area contributed by atoms with Gasteiger partial charge >= 0.3 is 0 Å². The lowest BCUT2D eigenvalue weighted by Gasteiger charge is -2.11. The fourth-order valence-electron chi connectivity index (χ4n) is 1.60. The van der Waals surface area contributed by atoms with Gasteiger partial charge in [0.2, 0.25) is 0 Å². The first-order valence-corrected chi connectivity index (χ1v) is 5.87. The Morgan fingerprint density at radius 3 is 2.59 bits per heavy atom. The Bertz CT molecular complexity index is 462. The van der Waals surface area contributed by atoms with Crippen molar-refractivity contribution in [3.63, 3.8) is 0 Å². The first-order valence-electron chi connectivity index (χ1n) is 5.49. The predicted molar refractivity (Wildman–Crippen MR) is 69.0 cm³/mol. The lowest BCUT2D eigenvalue weighted by atomic mass is 10.0. The van der Waals surface area contributed by atoms with E-state index in [4.69, 9.17) is 11.6 Å². The molecule has 0 aromatic carbocycles. The summed E-state index contributed by atoms with van der Waals surface area (Å²) in [4.78, 5) is 0. The quantitative estimate of drug-likeness (QED) is 0.873. The monoisotopic (exact) mass is 250 g/mol. The third-order valence-corrected chi connectivity index (χ3v) is 2.54. The van der Waals surface area contributed by atoms with Crippen LogP contribution in [0.3, 0.4) is 0 Å². The highest BCUT2D eigenvalue weighted by Gasteiger charge is 2.13. The Kier molecular flexibility index (Phi) is 4.92. The molecule has 1 aromatic rings.